The molecule has 148 valence electrons. The third kappa shape index (κ3) is 4.37. The normalized spacial score (nSPS) is 11.4. The fourth-order valence-corrected chi connectivity index (χ4v) is 4.41. The smallest absolute Gasteiger partial charge is 0.260 e. The molecule has 6 heteroatoms. The minimum absolute atomic E-state index is 0.0666. The summed E-state index contributed by atoms with van der Waals surface area (Å²) in [5.74, 6) is -0.0666. The van der Waals surface area contributed by atoms with E-state index in [1.165, 1.54) is 11.1 Å². The van der Waals surface area contributed by atoms with Crippen LogP contribution >= 0.6 is 22.9 Å². The van der Waals surface area contributed by atoms with E-state index < -0.39 is 0 Å². The first-order valence-corrected chi connectivity index (χ1v) is 10.8. The van der Waals surface area contributed by atoms with Gasteiger partial charge in [-0.3, -0.25) is 9.69 Å². The Morgan fingerprint density at radius 3 is 2.54 bits per heavy atom. The zero-order valence-corrected chi connectivity index (χ0v) is 18.4. The van der Waals surface area contributed by atoms with Gasteiger partial charge in [0.25, 0.3) is 5.91 Å². The molecule has 0 aliphatic carbocycles. The molecule has 0 saturated heterocycles. The molecule has 1 heterocycles. The van der Waals surface area contributed by atoms with Gasteiger partial charge in [-0.05, 0) is 62.3 Å². The first-order chi connectivity index (χ1) is 13.4. The Balaban J connectivity index is 2.00. The van der Waals surface area contributed by atoms with Crippen LogP contribution in [0.25, 0.3) is 10.2 Å². The lowest BCUT2D eigenvalue weighted by molar-refractivity contribution is 0.0984. The van der Waals surface area contributed by atoms with E-state index in [4.69, 9.17) is 16.6 Å². The van der Waals surface area contributed by atoms with Gasteiger partial charge in [0.05, 0.1) is 10.2 Å². The third-order valence-electron chi connectivity index (χ3n) is 5.16. The summed E-state index contributed by atoms with van der Waals surface area (Å²) in [7, 11) is 0. The number of likely N-dealkylation sites (N-methyl/N-ethyl adjacent to an activating group) is 1. The van der Waals surface area contributed by atoms with Crippen LogP contribution in [0.1, 0.15) is 35.3 Å². The van der Waals surface area contributed by atoms with Crippen molar-refractivity contribution in [3.63, 3.8) is 0 Å². The molecule has 0 N–H and O–H groups in total. The van der Waals surface area contributed by atoms with Crippen LogP contribution in [0.4, 0.5) is 5.13 Å². The maximum atomic E-state index is 13.3. The van der Waals surface area contributed by atoms with Crippen LogP contribution in [0.5, 0.6) is 0 Å². The van der Waals surface area contributed by atoms with E-state index in [9.17, 15) is 4.79 Å². The summed E-state index contributed by atoms with van der Waals surface area (Å²) in [6.07, 6.45) is 0. The number of thiazole rings is 1. The fourth-order valence-electron chi connectivity index (χ4n) is 3.17. The summed E-state index contributed by atoms with van der Waals surface area (Å²) in [4.78, 5) is 22.3. The number of amides is 1. The van der Waals surface area contributed by atoms with E-state index in [0.29, 0.717) is 17.1 Å². The first kappa shape index (κ1) is 20.8. The van der Waals surface area contributed by atoms with Crippen molar-refractivity contribution < 1.29 is 4.79 Å². The lowest BCUT2D eigenvalue weighted by atomic mass is 10.1. The molecule has 0 saturated carbocycles. The molecule has 4 nitrogen and oxygen atoms in total. The van der Waals surface area contributed by atoms with Crippen LogP contribution in [0, 0.1) is 13.8 Å². The summed E-state index contributed by atoms with van der Waals surface area (Å²) in [6.45, 7) is 11.7. The number of hydrogen-bond donors (Lipinski definition) is 0. The molecule has 0 aliphatic rings. The number of aryl methyl sites for hydroxylation is 2. The SMILES string of the molecule is CCN(CC)CCN(C(=O)c1cccc(Cl)c1)c1nc2c(C)c(C)ccc2s1. The zero-order chi connectivity index (χ0) is 20.3. The Morgan fingerprint density at radius 2 is 1.86 bits per heavy atom. The fraction of sp³-hybridized carbons (Fsp3) is 0.364. The molecular formula is C22H26ClN3OS. The number of aromatic nitrogens is 1. The highest BCUT2D eigenvalue weighted by Crippen LogP contribution is 2.32. The van der Waals surface area contributed by atoms with Crippen molar-refractivity contribution in [1.29, 1.82) is 0 Å². The van der Waals surface area contributed by atoms with Gasteiger partial charge in [-0.15, -0.1) is 0 Å². The molecule has 1 aromatic heterocycles. The van der Waals surface area contributed by atoms with Crippen LogP contribution in [0.2, 0.25) is 5.02 Å². The molecule has 0 radical (unpaired) electrons. The number of carbonyl (C=O) groups is 1. The summed E-state index contributed by atoms with van der Waals surface area (Å²) in [5.41, 5.74) is 3.94. The molecule has 0 atom stereocenters. The molecule has 0 aliphatic heterocycles. The van der Waals surface area contributed by atoms with Gasteiger partial charge in [0.1, 0.15) is 0 Å². The molecular weight excluding hydrogens is 390 g/mol. The van der Waals surface area contributed by atoms with Gasteiger partial charge in [-0.2, -0.15) is 0 Å². The van der Waals surface area contributed by atoms with Crippen molar-refractivity contribution in [3.8, 4) is 0 Å². The highest BCUT2D eigenvalue weighted by Gasteiger charge is 2.22. The first-order valence-electron chi connectivity index (χ1n) is 9.61. The van der Waals surface area contributed by atoms with E-state index in [1.54, 1.807) is 34.4 Å². The number of halogens is 1. The van der Waals surface area contributed by atoms with Gasteiger partial charge in [0, 0.05) is 23.7 Å². The Kier molecular flexibility index (Phi) is 6.70. The van der Waals surface area contributed by atoms with Crippen molar-refractivity contribution >= 4 is 44.2 Å². The van der Waals surface area contributed by atoms with Crippen LogP contribution in [-0.2, 0) is 0 Å². The predicted octanol–water partition coefficient (Wildman–Crippen LogP) is 5.56. The van der Waals surface area contributed by atoms with Crippen LogP contribution < -0.4 is 4.90 Å². The monoisotopic (exact) mass is 415 g/mol. The molecule has 28 heavy (non-hydrogen) atoms. The van der Waals surface area contributed by atoms with E-state index in [2.05, 4.69) is 44.7 Å². The lowest BCUT2D eigenvalue weighted by Gasteiger charge is -2.24. The van der Waals surface area contributed by atoms with Crippen LogP contribution in [0.3, 0.4) is 0 Å². The second-order valence-electron chi connectivity index (χ2n) is 6.84. The number of anilines is 1. The van der Waals surface area contributed by atoms with Crippen LogP contribution in [0.15, 0.2) is 36.4 Å². The molecule has 0 bridgehead atoms. The second kappa shape index (κ2) is 9.03. The van der Waals surface area contributed by atoms with Gasteiger partial charge in [-0.1, -0.05) is 48.9 Å². The Labute approximate surface area is 175 Å². The highest BCUT2D eigenvalue weighted by atomic mass is 35.5. The summed E-state index contributed by atoms with van der Waals surface area (Å²) >= 11 is 7.69. The van der Waals surface area contributed by atoms with Gasteiger partial charge in [0.2, 0.25) is 0 Å². The van der Waals surface area contributed by atoms with Gasteiger partial charge in [-0.25, -0.2) is 4.98 Å². The van der Waals surface area contributed by atoms with Crippen molar-refractivity contribution in [3.05, 3.63) is 58.1 Å². The summed E-state index contributed by atoms with van der Waals surface area (Å²) in [6, 6.07) is 11.3. The molecule has 0 spiro atoms. The van der Waals surface area contributed by atoms with Crippen molar-refractivity contribution in [2.45, 2.75) is 27.7 Å². The average molecular weight is 416 g/mol. The summed E-state index contributed by atoms with van der Waals surface area (Å²) in [5, 5.41) is 1.30. The van der Waals surface area contributed by atoms with Crippen molar-refractivity contribution in [1.82, 2.24) is 9.88 Å². The van der Waals surface area contributed by atoms with E-state index in [0.717, 1.165) is 35.0 Å². The van der Waals surface area contributed by atoms with Gasteiger partial charge >= 0.3 is 0 Å². The molecule has 3 aromatic rings. The molecule has 2 aromatic carbocycles. The maximum Gasteiger partial charge on any atom is 0.260 e. The maximum absolute atomic E-state index is 13.3. The Hall–Kier alpha value is -1.95. The summed E-state index contributed by atoms with van der Waals surface area (Å²) < 4.78 is 1.10. The number of hydrogen-bond acceptors (Lipinski definition) is 4. The molecule has 3 rings (SSSR count). The standard InChI is InChI=1S/C22H26ClN3OS/c1-5-25(6-2)12-13-26(21(27)17-8-7-9-18(23)14-17)22-24-20-16(4)15(3)10-11-19(20)28-22/h7-11,14H,5-6,12-13H2,1-4H3. The molecule has 0 fully saturated rings. The minimum Gasteiger partial charge on any atom is -0.302 e. The third-order valence-corrected chi connectivity index (χ3v) is 6.43. The number of nitrogens with zero attached hydrogens (tertiary/aromatic N) is 3. The number of benzene rings is 2. The largest absolute Gasteiger partial charge is 0.302 e. The Morgan fingerprint density at radius 1 is 1.11 bits per heavy atom. The number of fused-ring (bicyclic) bond motifs is 1. The minimum atomic E-state index is -0.0666. The quantitative estimate of drug-likeness (QED) is 0.507. The zero-order valence-electron chi connectivity index (χ0n) is 16.8. The topological polar surface area (TPSA) is 36.4 Å². The van der Waals surface area contributed by atoms with Gasteiger partial charge < -0.3 is 4.90 Å². The Bertz CT molecular complexity index is 981. The highest BCUT2D eigenvalue weighted by molar-refractivity contribution is 7.22. The van der Waals surface area contributed by atoms with E-state index in [1.807, 2.05) is 6.07 Å². The van der Waals surface area contributed by atoms with Gasteiger partial charge in [0.15, 0.2) is 5.13 Å². The van der Waals surface area contributed by atoms with Crippen molar-refractivity contribution in [2.24, 2.45) is 0 Å². The van der Waals surface area contributed by atoms with E-state index >= 15 is 0 Å². The lowest BCUT2D eigenvalue weighted by Crippen LogP contribution is -2.38. The van der Waals surface area contributed by atoms with E-state index in [-0.39, 0.29) is 5.91 Å². The second-order valence-corrected chi connectivity index (χ2v) is 8.29. The predicted molar refractivity (Wildman–Crippen MR) is 120 cm³/mol. The average Bonchev–Trinajstić information content (AvgIpc) is 3.12. The number of rotatable bonds is 7. The van der Waals surface area contributed by atoms with Crippen LogP contribution in [-0.4, -0.2) is 42.0 Å². The molecule has 1 amide bonds. The number of carbonyl (C=O) groups excluding carboxylic acids is 1. The van der Waals surface area contributed by atoms with Crippen molar-refractivity contribution in [2.75, 3.05) is 31.1 Å². The molecule has 0 unspecified atom stereocenters.